The number of piperazine rings is 1. The molecule has 2 aromatic carbocycles. The van der Waals surface area contributed by atoms with Crippen LogP contribution >= 0.6 is 0 Å². The molecule has 1 saturated carbocycles. The summed E-state index contributed by atoms with van der Waals surface area (Å²) in [4.78, 5) is 27.6. The van der Waals surface area contributed by atoms with Gasteiger partial charge in [-0.3, -0.25) is 9.58 Å². The van der Waals surface area contributed by atoms with Crippen LogP contribution in [0.4, 0.5) is 10.5 Å². The third-order valence-electron chi connectivity index (χ3n) is 8.75. The highest BCUT2D eigenvalue weighted by Crippen LogP contribution is 2.42. The highest BCUT2D eigenvalue weighted by atomic mass is 16.7. The molecule has 6 rings (SSSR count). The maximum absolute atomic E-state index is 13.0. The zero-order valence-corrected chi connectivity index (χ0v) is 27.2. The summed E-state index contributed by atoms with van der Waals surface area (Å²) in [6.07, 6.45) is 5.20. The summed E-state index contributed by atoms with van der Waals surface area (Å²) in [6.45, 7) is 13.5. The van der Waals surface area contributed by atoms with Gasteiger partial charge in [0.05, 0.1) is 34.4 Å². The second-order valence-electron chi connectivity index (χ2n) is 13.4. The second-order valence-corrected chi connectivity index (χ2v) is 13.4. The fourth-order valence-electron chi connectivity index (χ4n) is 6.56. The Hall–Kier alpha value is -3.92. The maximum atomic E-state index is 13.0. The van der Waals surface area contributed by atoms with Crippen molar-refractivity contribution in [1.29, 1.82) is 0 Å². The Morgan fingerprint density at radius 2 is 1.80 bits per heavy atom. The molecule has 4 aromatic rings. The van der Waals surface area contributed by atoms with Crippen molar-refractivity contribution in [3.05, 3.63) is 41.7 Å². The number of rotatable bonds is 6. The molecular formula is C34H44N6O4. The van der Waals surface area contributed by atoms with Crippen molar-refractivity contribution < 1.29 is 19.0 Å². The normalized spacial score (nSPS) is 19.5. The van der Waals surface area contributed by atoms with Gasteiger partial charge >= 0.3 is 6.09 Å². The molecule has 2 aliphatic rings. The molecule has 0 bridgehead atoms. The van der Waals surface area contributed by atoms with E-state index < -0.39 is 5.60 Å². The molecule has 10 nitrogen and oxygen atoms in total. The molecule has 1 aliphatic heterocycles. The van der Waals surface area contributed by atoms with Crippen LogP contribution in [0.1, 0.15) is 71.1 Å². The van der Waals surface area contributed by atoms with Crippen molar-refractivity contribution in [3.63, 3.8) is 0 Å². The fourth-order valence-corrected chi connectivity index (χ4v) is 6.56. The van der Waals surface area contributed by atoms with E-state index in [1.807, 2.05) is 50.5 Å². The number of carbonyl (C=O) groups is 1. The molecule has 1 amide bonds. The van der Waals surface area contributed by atoms with Gasteiger partial charge < -0.3 is 19.1 Å². The second kappa shape index (κ2) is 11.5. The molecule has 2 atom stereocenters. The third kappa shape index (κ3) is 5.67. The summed E-state index contributed by atoms with van der Waals surface area (Å²) in [5.41, 5.74) is 5.27. The first-order valence-corrected chi connectivity index (χ1v) is 15.6. The molecular weight excluding hydrogens is 556 g/mol. The van der Waals surface area contributed by atoms with E-state index in [9.17, 15) is 4.79 Å². The van der Waals surface area contributed by atoms with Gasteiger partial charge in [-0.2, -0.15) is 5.10 Å². The minimum atomic E-state index is -0.526. The lowest BCUT2D eigenvalue weighted by Crippen LogP contribution is -2.59. The van der Waals surface area contributed by atoms with E-state index in [2.05, 4.69) is 48.1 Å². The number of fused-ring (bicyclic) bond motifs is 2. The summed E-state index contributed by atoms with van der Waals surface area (Å²) >= 11 is 0. The van der Waals surface area contributed by atoms with E-state index in [1.165, 1.54) is 6.42 Å². The van der Waals surface area contributed by atoms with Gasteiger partial charge in [0.2, 0.25) is 0 Å². The first-order valence-electron chi connectivity index (χ1n) is 15.6. The quantitative estimate of drug-likeness (QED) is 0.229. The van der Waals surface area contributed by atoms with E-state index in [1.54, 1.807) is 7.11 Å². The summed E-state index contributed by atoms with van der Waals surface area (Å²) in [6, 6.07) is 8.58. The van der Waals surface area contributed by atoms with E-state index in [0.29, 0.717) is 17.5 Å². The minimum Gasteiger partial charge on any atom is -0.466 e. The molecule has 10 heteroatoms. The van der Waals surface area contributed by atoms with Crippen molar-refractivity contribution in [2.45, 2.75) is 84.4 Å². The van der Waals surface area contributed by atoms with Gasteiger partial charge in [-0.25, -0.2) is 14.8 Å². The summed E-state index contributed by atoms with van der Waals surface area (Å²) in [5.74, 6) is 1.74. The van der Waals surface area contributed by atoms with Crippen molar-refractivity contribution in [1.82, 2.24) is 24.6 Å². The highest BCUT2D eigenvalue weighted by molar-refractivity contribution is 5.92. The molecule has 3 heterocycles. The predicted molar refractivity (Wildman–Crippen MR) is 172 cm³/mol. The molecule has 2 aromatic heterocycles. The van der Waals surface area contributed by atoms with Gasteiger partial charge in [0, 0.05) is 61.4 Å². The van der Waals surface area contributed by atoms with E-state index in [0.717, 1.165) is 70.2 Å². The number of benzene rings is 2. The number of aromatic nitrogens is 4. The zero-order chi connectivity index (χ0) is 31.3. The largest absolute Gasteiger partial charge is 0.466 e. The Balaban J connectivity index is 1.38. The number of anilines is 1. The molecule has 0 unspecified atom stereocenters. The van der Waals surface area contributed by atoms with Gasteiger partial charge in [-0.05, 0) is 78.6 Å². The SMILES string of the molecule is COCOc1c(-c2nc(C3CCC3)c3cc(N4C[C@@H](C)N(C(=O)OC(C)(C)C)[C@@H](C)C4)ccc3n2)cc2cn(C)nc2c1C. The number of methoxy groups -OCH3 is 1. The number of hydrogen-bond acceptors (Lipinski definition) is 8. The van der Waals surface area contributed by atoms with Crippen LogP contribution in [0.5, 0.6) is 5.75 Å². The van der Waals surface area contributed by atoms with Crippen LogP contribution < -0.4 is 9.64 Å². The van der Waals surface area contributed by atoms with Crippen LogP contribution in [0.3, 0.4) is 0 Å². The highest BCUT2D eigenvalue weighted by Gasteiger charge is 2.36. The molecule has 1 saturated heterocycles. The van der Waals surface area contributed by atoms with E-state index >= 15 is 0 Å². The molecule has 234 valence electrons. The molecule has 44 heavy (non-hydrogen) atoms. The van der Waals surface area contributed by atoms with Gasteiger partial charge in [-0.15, -0.1) is 0 Å². The number of ether oxygens (including phenoxy) is 3. The Bertz CT molecular complexity index is 1690. The lowest BCUT2D eigenvalue weighted by atomic mass is 9.81. The lowest BCUT2D eigenvalue weighted by Gasteiger charge is -2.45. The molecule has 1 aliphatic carbocycles. The van der Waals surface area contributed by atoms with Crippen molar-refractivity contribution in [2.24, 2.45) is 7.05 Å². The topological polar surface area (TPSA) is 94.8 Å². The average Bonchev–Trinajstić information content (AvgIpc) is 3.30. The van der Waals surface area contributed by atoms with Crippen LogP contribution in [0.25, 0.3) is 33.2 Å². The van der Waals surface area contributed by atoms with Crippen LogP contribution in [-0.2, 0) is 16.5 Å². The smallest absolute Gasteiger partial charge is 0.410 e. The predicted octanol–water partition coefficient (Wildman–Crippen LogP) is 6.58. The van der Waals surface area contributed by atoms with E-state index in [-0.39, 0.29) is 25.0 Å². The van der Waals surface area contributed by atoms with Crippen molar-refractivity contribution >= 4 is 33.6 Å². The Labute approximate surface area is 259 Å². The van der Waals surface area contributed by atoms with Crippen LogP contribution in [-0.4, -0.2) is 75.4 Å². The first kappa shape index (κ1) is 30.1. The number of carbonyl (C=O) groups excluding carboxylic acids is 1. The first-order chi connectivity index (χ1) is 20.9. The molecule has 2 fully saturated rings. The summed E-state index contributed by atoms with van der Waals surface area (Å²) < 4.78 is 18.9. The summed E-state index contributed by atoms with van der Waals surface area (Å²) in [7, 11) is 3.54. The molecule has 0 N–H and O–H groups in total. The van der Waals surface area contributed by atoms with Gasteiger partial charge in [0.1, 0.15) is 11.4 Å². The number of amides is 1. The monoisotopic (exact) mass is 600 g/mol. The van der Waals surface area contributed by atoms with E-state index in [4.69, 9.17) is 24.2 Å². The lowest BCUT2D eigenvalue weighted by molar-refractivity contribution is 0.00565. The Morgan fingerprint density at radius 3 is 2.43 bits per heavy atom. The fraction of sp³-hybridized carbons (Fsp3) is 0.529. The van der Waals surface area contributed by atoms with Crippen LogP contribution in [0.2, 0.25) is 0 Å². The Kier molecular flexibility index (Phi) is 7.90. The summed E-state index contributed by atoms with van der Waals surface area (Å²) in [5, 5.41) is 6.75. The van der Waals surface area contributed by atoms with Crippen LogP contribution in [0.15, 0.2) is 30.5 Å². The number of aryl methyl sites for hydroxylation is 2. The van der Waals surface area contributed by atoms with Gasteiger partial charge in [0.25, 0.3) is 0 Å². The number of nitrogens with zero attached hydrogens (tertiary/aromatic N) is 6. The minimum absolute atomic E-state index is 0.00480. The van der Waals surface area contributed by atoms with Gasteiger partial charge in [0.15, 0.2) is 12.6 Å². The molecule has 0 radical (unpaired) electrons. The average molecular weight is 601 g/mol. The van der Waals surface area contributed by atoms with Crippen LogP contribution in [0, 0.1) is 6.92 Å². The zero-order valence-electron chi connectivity index (χ0n) is 27.2. The maximum Gasteiger partial charge on any atom is 0.410 e. The standard InChI is InChI=1S/C34H44N6O4/c1-20-16-39(17-21(2)40(20)33(41)44-34(4,5)6)25-12-13-28-26(15-25)30(23-10-9-11-23)36-32(35-28)27-14-24-18-38(7)37-29(24)22(3)31(27)43-19-42-8/h12-15,18,20-21,23H,9-11,16-17,19H2,1-8H3/t20-,21+. The van der Waals surface area contributed by atoms with Crippen molar-refractivity contribution in [2.75, 3.05) is 31.9 Å². The number of hydrogen-bond donors (Lipinski definition) is 0. The Morgan fingerprint density at radius 1 is 1.07 bits per heavy atom. The third-order valence-corrected chi connectivity index (χ3v) is 8.75. The molecule has 0 spiro atoms. The van der Waals surface area contributed by atoms with Gasteiger partial charge in [-0.1, -0.05) is 6.42 Å². The van der Waals surface area contributed by atoms with Crippen molar-refractivity contribution in [3.8, 4) is 17.1 Å².